The molecule has 0 radical (unpaired) electrons. The third-order valence-corrected chi connectivity index (χ3v) is 4.37. The van der Waals surface area contributed by atoms with Gasteiger partial charge in [-0.15, -0.1) is 11.3 Å². The van der Waals surface area contributed by atoms with Gasteiger partial charge in [0, 0.05) is 11.1 Å². The Kier molecular flexibility index (Phi) is 5.63. The molecule has 7 heteroatoms. The van der Waals surface area contributed by atoms with Crippen LogP contribution in [0.1, 0.15) is 22.2 Å². The van der Waals surface area contributed by atoms with Crippen LogP contribution in [0, 0.1) is 6.92 Å². The van der Waals surface area contributed by atoms with Gasteiger partial charge in [-0.05, 0) is 36.9 Å². The van der Waals surface area contributed by atoms with E-state index in [2.05, 4.69) is 5.32 Å². The summed E-state index contributed by atoms with van der Waals surface area (Å²) in [7, 11) is 1.48. The summed E-state index contributed by atoms with van der Waals surface area (Å²) >= 11 is 7.29. The molecule has 0 aliphatic carbocycles. The fourth-order valence-electron chi connectivity index (χ4n) is 1.83. The molecule has 2 aromatic rings. The highest BCUT2D eigenvalue weighted by molar-refractivity contribution is 7.11. The molecule has 1 unspecified atom stereocenters. The molecule has 0 aliphatic heterocycles. The van der Waals surface area contributed by atoms with Crippen molar-refractivity contribution in [2.24, 2.45) is 0 Å². The van der Waals surface area contributed by atoms with Crippen LogP contribution in [0.3, 0.4) is 0 Å². The van der Waals surface area contributed by atoms with Crippen molar-refractivity contribution >= 4 is 40.5 Å². The molecule has 2 rings (SSSR count). The van der Waals surface area contributed by atoms with Crippen LogP contribution in [0.4, 0.5) is 5.69 Å². The second-order valence-corrected chi connectivity index (χ2v) is 6.17. The van der Waals surface area contributed by atoms with Gasteiger partial charge in [-0.3, -0.25) is 4.79 Å². The fraction of sp³-hybridized carbons (Fsp3) is 0.250. The van der Waals surface area contributed by atoms with Gasteiger partial charge in [0.15, 0.2) is 6.10 Å². The minimum Gasteiger partial charge on any atom is -0.495 e. The number of amides is 1. The van der Waals surface area contributed by atoms with Gasteiger partial charge in [0.1, 0.15) is 10.6 Å². The van der Waals surface area contributed by atoms with Gasteiger partial charge in [-0.2, -0.15) is 0 Å². The number of carbonyl (C=O) groups is 2. The molecule has 1 aromatic heterocycles. The first-order valence-electron chi connectivity index (χ1n) is 6.82. The van der Waals surface area contributed by atoms with Crippen molar-refractivity contribution in [2.45, 2.75) is 20.0 Å². The first kappa shape index (κ1) is 17.3. The number of rotatable bonds is 5. The number of halogens is 1. The topological polar surface area (TPSA) is 64.6 Å². The molecule has 1 heterocycles. The van der Waals surface area contributed by atoms with E-state index in [1.807, 2.05) is 6.92 Å². The molecule has 1 N–H and O–H groups in total. The average Bonchev–Trinajstić information content (AvgIpc) is 3.04. The second kappa shape index (κ2) is 7.48. The molecule has 0 spiro atoms. The zero-order chi connectivity index (χ0) is 17.0. The summed E-state index contributed by atoms with van der Waals surface area (Å²) in [6.45, 7) is 3.33. The van der Waals surface area contributed by atoms with Crippen LogP contribution >= 0.6 is 22.9 Å². The normalized spacial score (nSPS) is 11.7. The number of thiophene rings is 1. The van der Waals surface area contributed by atoms with Crippen LogP contribution in [0.2, 0.25) is 5.02 Å². The Balaban J connectivity index is 2.06. The maximum atomic E-state index is 12.2. The first-order chi connectivity index (χ1) is 10.9. The number of carbonyl (C=O) groups excluding carboxylic acids is 2. The predicted molar refractivity (Wildman–Crippen MR) is 90.6 cm³/mol. The van der Waals surface area contributed by atoms with E-state index in [1.54, 1.807) is 29.6 Å². The van der Waals surface area contributed by atoms with Crippen molar-refractivity contribution in [3.8, 4) is 5.75 Å². The minimum absolute atomic E-state index is 0.436. The molecule has 5 nitrogen and oxygen atoms in total. The summed E-state index contributed by atoms with van der Waals surface area (Å²) in [5.41, 5.74) is 1.27. The highest BCUT2D eigenvalue weighted by Crippen LogP contribution is 2.31. The van der Waals surface area contributed by atoms with Crippen LogP contribution < -0.4 is 10.1 Å². The molecule has 0 fully saturated rings. The molecule has 0 bridgehead atoms. The van der Waals surface area contributed by atoms with Gasteiger partial charge in [0.05, 0.1) is 12.8 Å². The third-order valence-electron chi connectivity index (χ3n) is 3.11. The molecule has 23 heavy (non-hydrogen) atoms. The lowest BCUT2D eigenvalue weighted by molar-refractivity contribution is -0.123. The lowest BCUT2D eigenvalue weighted by Gasteiger charge is -2.16. The van der Waals surface area contributed by atoms with E-state index in [9.17, 15) is 9.59 Å². The number of benzene rings is 1. The van der Waals surface area contributed by atoms with Crippen molar-refractivity contribution in [3.05, 3.63) is 45.1 Å². The molecule has 1 aromatic carbocycles. The summed E-state index contributed by atoms with van der Waals surface area (Å²) in [4.78, 5) is 24.5. The summed E-state index contributed by atoms with van der Waals surface area (Å²) in [6.07, 6.45) is -0.940. The molecule has 0 saturated carbocycles. The minimum atomic E-state index is -0.940. The standard InChI is InChI=1S/C16H16ClNO4S/c1-9-7-12(13(21-3)8-11(9)17)18-15(19)10(2)22-16(20)14-5-4-6-23-14/h4-8,10H,1-3H3,(H,18,19). The number of ether oxygens (including phenoxy) is 2. The summed E-state index contributed by atoms with van der Waals surface area (Å²) in [5.74, 6) is -0.539. The smallest absolute Gasteiger partial charge is 0.349 e. The van der Waals surface area contributed by atoms with Gasteiger partial charge in [-0.25, -0.2) is 4.79 Å². The quantitative estimate of drug-likeness (QED) is 0.828. The molecular weight excluding hydrogens is 338 g/mol. The SMILES string of the molecule is COc1cc(Cl)c(C)cc1NC(=O)C(C)OC(=O)c1cccs1. The van der Waals surface area contributed by atoms with Crippen LogP contribution in [0.25, 0.3) is 0 Å². The van der Waals surface area contributed by atoms with Crippen LogP contribution in [0.5, 0.6) is 5.75 Å². The van der Waals surface area contributed by atoms with E-state index in [0.29, 0.717) is 21.3 Å². The molecule has 1 atom stereocenters. The van der Waals surface area contributed by atoms with E-state index in [1.165, 1.54) is 25.4 Å². The van der Waals surface area contributed by atoms with Crippen LogP contribution in [-0.4, -0.2) is 25.1 Å². The highest BCUT2D eigenvalue weighted by Gasteiger charge is 2.21. The van der Waals surface area contributed by atoms with Crippen molar-refractivity contribution < 1.29 is 19.1 Å². The van der Waals surface area contributed by atoms with E-state index >= 15 is 0 Å². The first-order valence-corrected chi connectivity index (χ1v) is 8.07. The molecule has 0 saturated heterocycles. The Morgan fingerprint density at radius 1 is 1.35 bits per heavy atom. The van der Waals surface area contributed by atoms with Crippen molar-refractivity contribution in [1.29, 1.82) is 0 Å². The summed E-state index contributed by atoms with van der Waals surface area (Å²) in [6, 6.07) is 6.71. The fourth-order valence-corrected chi connectivity index (χ4v) is 2.59. The second-order valence-electron chi connectivity index (χ2n) is 4.82. The number of esters is 1. The number of nitrogens with one attached hydrogen (secondary N) is 1. The van der Waals surface area contributed by atoms with Crippen molar-refractivity contribution in [2.75, 3.05) is 12.4 Å². The van der Waals surface area contributed by atoms with Crippen LogP contribution in [0.15, 0.2) is 29.6 Å². The lowest BCUT2D eigenvalue weighted by Crippen LogP contribution is -2.30. The van der Waals surface area contributed by atoms with Gasteiger partial charge in [-0.1, -0.05) is 17.7 Å². The maximum absolute atomic E-state index is 12.2. The number of hydrogen-bond acceptors (Lipinski definition) is 5. The monoisotopic (exact) mass is 353 g/mol. The predicted octanol–water partition coefficient (Wildman–Crippen LogP) is 3.90. The largest absolute Gasteiger partial charge is 0.495 e. The number of anilines is 1. The van der Waals surface area contributed by atoms with Gasteiger partial charge < -0.3 is 14.8 Å². The zero-order valence-corrected chi connectivity index (χ0v) is 14.5. The van der Waals surface area contributed by atoms with Crippen molar-refractivity contribution in [3.63, 3.8) is 0 Å². The number of hydrogen-bond donors (Lipinski definition) is 1. The molecular formula is C16H16ClNO4S. The third kappa shape index (κ3) is 4.24. The van der Waals surface area contributed by atoms with Crippen LogP contribution in [-0.2, 0) is 9.53 Å². The summed E-state index contributed by atoms with van der Waals surface area (Å²) < 4.78 is 10.3. The Morgan fingerprint density at radius 3 is 2.70 bits per heavy atom. The van der Waals surface area contributed by atoms with Crippen molar-refractivity contribution in [1.82, 2.24) is 0 Å². The molecule has 1 amide bonds. The average molecular weight is 354 g/mol. The molecule has 0 aliphatic rings. The van der Waals surface area contributed by atoms with E-state index in [4.69, 9.17) is 21.1 Å². The van der Waals surface area contributed by atoms with E-state index < -0.39 is 18.0 Å². The van der Waals surface area contributed by atoms with E-state index in [-0.39, 0.29) is 0 Å². The number of aryl methyl sites for hydroxylation is 1. The van der Waals surface area contributed by atoms with Gasteiger partial charge >= 0.3 is 5.97 Å². The zero-order valence-electron chi connectivity index (χ0n) is 12.9. The van der Waals surface area contributed by atoms with Gasteiger partial charge in [0.2, 0.25) is 0 Å². The molecule has 122 valence electrons. The van der Waals surface area contributed by atoms with E-state index in [0.717, 1.165) is 5.56 Å². The maximum Gasteiger partial charge on any atom is 0.349 e. The Morgan fingerprint density at radius 2 is 2.09 bits per heavy atom. The Hall–Kier alpha value is -2.05. The highest BCUT2D eigenvalue weighted by atomic mass is 35.5. The lowest BCUT2D eigenvalue weighted by atomic mass is 10.2. The summed E-state index contributed by atoms with van der Waals surface area (Å²) in [5, 5.41) is 4.99. The van der Waals surface area contributed by atoms with Gasteiger partial charge in [0.25, 0.3) is 5.91 Å². The number of methoxy groups -OCH3 is 1. The Bertz CT molecular complexity index is 715. The Labute approximate surface area is 143 Å².